The second-order valence-electron chi connectivity index (χ2n) is 3.54. The Hall–Kier alpha value is -1.46. The SMILES string of the molecule is CC=CC(=O)Nc1nc(-c2cccc(Br)c2)cs1. The number of aromatic nitrogens is 1. The van der Waals surface area contributed by atoms with Gasteiger partial charge in [0.15, 0.2) is 5.13 Å². The molecule has 0 spiro atoms. The van der Waals surface area contributed by atoms with Crippen molar-refractivity contribution in [3.63, 3.8) is 0 Å². The van der Waals surface area contributed by atoms with Crippen LogP contribution < -0.4 is 5.32 Å². The fourth-order valence-electron chi connectivity index (χ4n) is 1.41. The van der Waals surface area contributed by atoms with Crippen molar-refractivity contribution in [3.8, 4) is 11.3 Å². The highest BCUT2D eigenvalue weighted by molar-refractivity contribution is 9.10. The van der Waals surface area contributed by atoms with Crippen LogP contribution in [0.3, 0.4) is 0 Å². The molecule has 0 saturated carbocycles. The van der Waals surface area contributed by atoms with E-state index >= 15 is 0 Å². The number of carbonyl (C=O) groups excluding carboxylic acids is 1. The molecular formula is C13H11BrN2OS. The average molecular weight is 323 g/mol. The average Bonchev–Trinajstić information content (AvgIpc) is 2.78. The second-order valence-corrected chi connectivity index (χ2v) is 5.31. The molecule has 2 aromatic rings. The van der Waals surface area contributed by atoms with E-state index in [0.29, 0.717) is 5.13 Å². The van der Waals surface area contributed by atoms with E-state index in [1.807, 2.05) is 29.6 Å². The van der Waals surface area contributed by atoms with Crippen LogP contribution in [-0.2, 0) is 4.79 Å². The van der Waals surface area contributed by atoms with Gasteiger partial charge < -0.3 is 0 Å². The minimum absolute atomic E-state index is 0.160. The number of nitrogens with one attached hydrogen (secondary N) is 1. The van der Waals surface area contributed by atoms with Crippen LogP contribution in [-0.4, -0.2) is 10.9 Å². The summed E-state index contributed by atoms with van der Waals surface area (Å²) in [6, 6.07) is 7.89. The molecule has 0 atom stereocenters. The third kappa shape index (κ3) is 3.27. The minimum Gasteiger partial charge on any atom is -0.298 e. The third-order valence-corrected chi connectivity index (χ3v) is 3.42. The summed E-state index contributed by atoms with van der Waals surface area (Å²) in [5.41, 5.74) is 1.88. The van der Waals surface area contributed by atoms with Gasteiger partial charge in [-0.15, -0.1) is 11.3 Å². The van der Waals surface area contributed by atoms with Gasteiger partial charge in [0, 0.05) is 15.4 Å². The molecule has 0 radical (unpaired) electrons. The number of amides is 1. The van der Waals surface area contributed by atoms with Gasteiger partial charge in [0.2, 0.25) is 5.91 Å². The molecule has 5 heteroatoms. The number of anilines is 1. The Morgan fingerprint density at radius 2 is 2.33 bits per heavy atom. The van der Waals surface area contributed by atoms with Crippen LogP contribution in [0.15, 0.2) is 46.3 Å². The smallest absolute Gasteiger partial charge is 0.249 e. The van der Waals surface area contributed by atoms with E-state index in [0.717, 1.165) is 15.7 Å². The van der Waals surface area contributed by atoms with E-state index in [1.54, 1.807) is 13.0 Å². The van der Waals surface area contributed by atoms with Gasteiger partial charge in [0.1, 0.15) is 0 Å². The quantitative estimate of drug-likeness (QED) is 0.865. The zero-order valence-corrected chi connectivity index (χ0v) is 12.1. The number of hydrogen-bond donors (Lipinski definition) is 1. The molecular weight excluding hydrogens is 312 g/mol. The summed E-state index contributed by atoms with van der Waals surface area (Å²) < 4.78 is 1.01. The first kappa shape index (κ1) is 13.0. The van der Waals surface area contributed by atoms with Gasteiger partial charge >= 0.3 is 0 Å². The lowest BCUT2D eigenvalue weighted by molar-refractivity contribution is -0.111. The Kier molecular flexibility index (Phi) is 4.28. The van der Waals surface area contributed by atoms with Crippen molar-refractivity contribution in [2.24, 2.45) is 0 Å². The lowest BCUT2D eigenvalue weighted by Crippen LogP contribution is -2.07. The minimum atomic E-state index is -0.160. The van der Waals surface area contributed by atoms with Crippen molar-refractivity contribution in [1.29, 1.82) is 0 Å². The van der Waals surface area contributed by atoms with Crippen LogP contribution in [0.5, 0.6) is 0 Å². The van der Waals surface area contributed by atoms with Crippen LogP contribution in [0.25, 0.3) is 11.3 Å². The number of carbonyl (C=O) groups is 1. The zero-order chi connectivity index (χ0) is 13.0. The van der Waals surface area contributed by atoms with Gasteiger partial charge in [0.25, 0.3) is 0 Å². The van der Waals surface area contributed by atoms with Crippen molar-refractivity contribution in [3.05, 3.63) is 46.3 Å². The molecule has 1 N–H and O–H groups in total. The normalized spacial score (nSPS) is 10.8. The summed E-state index contributed by atoms with van der Waals surface area (Å²) in [6.45, 7) is 1.80. The fraction of sp³-hybridized carbons (Fsp3) is 0.0769. The van der Waals surface area contributed by atoms with Gasteiger partial charge in [-0.2, -0.15) is 0 Å². The van der Waals surface area contributed by atoms with Crippen molar-refractivity contribution in [1.82, 2.24) is 4.98 Å². The molecule has 0 aliphatic heterocycles. The first-order chi connectivity index (χ1) is 8.69. The lowest BCUT2D eigenvalue weighted by Gasteiger charge is -1.97. The lowest BCUT2D eigenvalue weighted by atomic mass is 10.2. The molecule has 0 bridgehead atoms. The number of allylic oxidation sites excluding steroid dienone is 1. The summed E-state index contributed by atoms with van der Waals surface area (Å²) in [4.78, 5) is 15.7. The second kappa shape index (κ2) is 5.93. The molecule has 0 fully saturated rings. The maximum absolute atomic E-state index is 11.4. The number of rotatable bonds is 3. The van der Waals surface area contributed by atoms with Gasteiger partial charge in [-0.05, 0) is 25.1 Å². The third-order valence-electron chi connectivity index (χ3n) is 2.17. The largest absolute Gasteiger partial charge is 0.298 e. The highest BCUT2D eigenvalue weighted by atomic mass is 79.9. The maximum Gasteiger partial charge on any atom is 0.249 e. The van der Waals surface area contributed by atoms with Crippen molar-refractivity contribution in [2.75, 3.05) is 5.32 Å². The topological polar surface area (TPSA) is 42.0 Å². The number of halogens is 1. The van der Waals surface area contributed by atoms with Crippen molar-refractivity contribution in [2.45, 2.75) is 6.92 Å². The van der Waals surface area contributed by atoms with Crippen LogP contribution in [0.2, 0.25) is 0 Å². The van der Waals surface area contributed by atoms with Crippen LogP contribution >= 0.6 is 27.3 Å². The van der Waals surface area contributed by atoms with Gasteiger partial charge in [-0.25, -0.2) is 4.98 Å². The number of nitrogens with zero attached hydrogens (tertiary/aromatic N) is 1. The Labute approximate surface area is 118 Å². The molecule has 1 heterocycles. The molecule has 1 amide bonds. The number of benzene rings is 1. The Morgan fingerprint density at radius 1 is 1.50 bits per heavy atom. The fourth-order valence-corrected chi connectivity index (χ4v) is 2.53. The van der Waals surface area contributed by atoms with Gasteiger partial charge in [-0.1, -0.05) is 34.1 Å². The van der Waals surface area contributed by atoms with E-state index in [1.165, 1.54) is 17.4 Å². The van der Waals surface area contributed by atoms with Gasteiger partial charge in [0.05, 0.1) is 5.69 Å². The molecule has 92 valence electrons. The molecule has 2 rings (SSSR count). The molecule has 0 aliphatic carbocycles. The predicted octanol–water partition coefficient (Wildman–Crippen LogP) is 4.09. The molecule has 0 aliphatic rings. The summed E-state index contributed by atoms with van der Waals surface area (Å²) >= 11 is 4.84. The number of thiazole rings is 1. The molecule has 0 saturated heterocycles. The standard InChI is InChI=1S/C13H11BrN2OS/c1-2-4-12(17)16-13-15-11(8-18-13)9-5-3-6-10(14)7-9/h2-8H,1H3,(H,15,16,17). The van der Waals surface area contributed by atoms with Crippen LogP contribution in [0.4, 0.5) is 5.13 Å². The Morgan fingerprint density at radius 3 is 3.06 bits per heavy atom. The molecule has 18 heavy (non-hydrogen) atoms. The van der Waals surface area contributed by atoms with E-state index in [9.17, 15) is 4.79 Å². The van der Waals surface area contributed by atoms with Crippen molar-refractivity contribution >= 4 is 38.3 Å². The van der Waals surface area contributed by atoms with Crippen LogP contribution in [0, 0.1) is 0 Å². The highest BCUT2D eigenvalue weighted by Gasteiger charge is 2.06. The predicted molar refractivity (Wildman–Crippen MR) is 78.7 cm³/mol. The molecule has 3 nitrogen and oxygen atoms in total. The van der Waals surface area contributed by atoms with E-state index in [-0.39, 0.29) is 5.91 Å². The maximum atomic E-state index is 11.4. The zero-order valence-electron chi connectivity index (χ0n) is 9.68. The van der Waals surface area contributed by atoms with Gasteiger partial charge in [-0.3, -0.25) is 10.1 Å². The van der Waals surface area contributed by atoms with Crippen LogP contribution in [0.1, 0.15) is 6.92 Å². The highest BCUT2D eigenvalue weighted by Crippen LogP contribution is 2.26. The summed E-state index contributed by atoms with van der Waals surface area (Å²) in [5.74, 6) is -0.160. The van der Waals surface area contributed by atoms with E-state index in [4.69, 9.17) is 0 Å². The Bertz CT molecular complexity index is 592. The first-order valence-corrected chi connectivity index (χ1v) is 7.01. The molecule has 1 aromatic heterocycles. The summed E-state index contributed by atoms with van der Waals surface area (Å²) in [6.07, 6.45) is 3.17. The summed E-state index contributed by atoms with van der Waals surface area (Å²) in [5, 5.41) is 5.25. The number of hydrogen-bond acceptors (Lipinski definition) is 3. The Balaban J connectivity index is 2.18. The molecule has 0 unspecified atom stereocenters. The van der Waals surface area contributed by atoms with E-state index < -0.39 is 0 Å². The van der Waals surface area contributed by atoms with E-state index in [2.05, 4.69) is 26.2 Å². The molecule has 1 aromatic carbocycles. The summed E-state index contributed by atoms with van der Waals surface area (Å²) in [7, 11) is 0. The first-order valence-electron chi connectivity index (χ1n) is 5.34. The van der Waals surface area contributed by atoms with Crippen molar-refractivity contribution < 1.29 is 4.79 Å². The monoisotopic (exact) mass is 322 g/mol.